The van der Waals surface area contributed by atoms with Crippen LogP contribution in [0.1, 0.15) is 153 Å². The van der Waals surface area contributed by atoms with E-state index >= 15 is 0 Å². The molecule has 1 rings (SSSR count). The minimum Gasteiger partial charge on any atom is -0.462 e. The van der Waals surface area contributed by atoms with Gasteiger partial charge in [-0.1, -0.05) is 44.4 Å². The first-order valence-corrected chi connectivity index (χ1v) is 20.5. The Labute approximate surface area is 334 Å². The molecule has 0 aliphatic carbocycles. The molecule has 13 nitrogen and oxygen atoms in total. The van der Waals surface area contributed by atoms with Crippen molar-refractivity contribution in [1.82, 2.24) is 0 Å². The summed E-state index contributed by atoms with van der Waals surface area (Å²) in [6.07, 6.45) is 3.25. The molecular formula is C43H72O13. The van der Waals surface area contributed by atoms with Crippen LogP contribution < -0.4 is 0 Å². The number of rotatable bonds is 9. The lowest BCUT2D eigenvalue weighted by molar-refractivity contribution is -0.160. The van der Waals surface area contributed by atoms with Gasteiger partial charge in [-0.15, -0.1) is 0 Å². The molecule has 13 heteroatoms. The molecule has 322 valence electrons. The Hall–Kier alpha value is -3.29. The fourth-order valence-corrected chi connectivity index (χ4v) is 7.21. The molecule has 0 unspecified atom stereocenters. The highest BCUT2D eigenvalue weighted by Gasteiger charge is 2.34. The SMILES string of the molecule is CCC[C@H](C/C(C)=C/[C@H]1OC(=O)[C@@H](C)[C@@H](O)[C@H](C)CC[C@H](OC(C)=O)C[C@@H](OC(C)=O)C[C@@H](OC(C)=O)CC/C(C)=C/CCC[C@@H](O)C[C@H](O)[C@@H]1C)OC(C)=O. The average molecular weight is 797 g/mol. The summed E-state index contributed by atoms with van der Waals surface area (Å²) in [7, 11) is 0. The van der Waals surface area contributed by atoms with Gasteiger partial charge >= 0.3 is 29.8 Å². The van der Waals surface area contributed by atoms with E-state index in [-0.39, 0.29) is 37.8 Å². The summed E-state index contributed by atoms with van der Waals surface area (Å²) in [6.45, 7) is 16.1. The third-order valence-corrected chi connectivity index (χ3v) is 10.4. The first-order valence-electron chi connectivity index (χ1n) is 20.5. The lowest BCUT2D eigenvalue weighted by Gasteiger charge is -2.31. The smallest absolute Gasteiger partial charge is 0.311 e. The minimum absolute atomic E-state index is 0.0585. The van der Waals surface area contributed by atoms with Gasteiger partial charge in [-0.05, 0) is 90.6 Å². The van der Waals surface area contributed by atoms with Crippen molar-refractivity contribution in [2.75, 3.05) is 0 Å². The topological polar surface area (TPSA) is 192 Å². The van der Waals surface area contributed by atoms with Gasteiger partial charge in [-0.2, -0.15) is 0 Å². The molecule has 0 radical (unpaired) electrons. The molecular weight excluding hydrogens is 724 g/mol. The predicted octanol–water partition coefficient (Wildman–Crippen LogP) is 6.61. The summed E-state index contributed by atoms with van der Waals surface area (Å²) in [6, 6.07) is 0. The number of esters is 5. The lowest BCUT2D eigenvalue weighted by Crippen LogP contribution is -2.39. The Kier molecular flexibility index (Phi) is 24.1. The van der Waals surface area contributed by atoms with Gasteiger partial charge in [0.15, 0.2) is 0 Å². The number of aliphatic hydroxyl groups is 3. The van der Waals surface area contributed by atoms with Gasteiger partial charge in [0.25, 0.3) is 0 Å². The van der Waals surface area contributed by atoms with Crippen molar-refractivity contribution in [1.29, 1.82) is 0 Å². The molecule has 0 fully saturated rings. The van der Waals surface area contributed by atoms with Crippen LogP contribution in [-0.4, -0.2) is 94.0 Å². The van der Waals surface area contributed by atoms with Crippen molar-refractivity contribution in [2.24, 2.45) is 17.8 Å². The number of allylic oxidation sites excluding steroid dienone is 2. The second kappa shape index (κ2) is 26.6. The molecule has 0 bridgehead atoms. The molecule has 11 atom stereocenters. The molecule has 0 saturated carbocycles. The normalized spacial score (nSPS) is 31.6. The Bertz CT molecular complexity index is 1290. The monoisotopic (exact) mass is 796 g/mol. The summed E-state index contributed by atoms with van der Waals surface area (Å²) < 4.78 is 28.4. The highest BCUT2D eigenvalue weighted by Crippen LogP contribution is 2.28. The van der Waals surface area contributed by atoms with Gasteiger partial charge in [0.2, 0.25) is 0 Å². The van der Waals surface area contributed by atoms with Crippen molar-refractivity contribution in [3.63, 3.8) is 0 Å². The van der Waals surface area contributed by atoms with E-state index in [1.165, 1.54) is 27.7 Å². The largest absolute Gasteiger partial charge is 0.462 e. The first kappa shape index (κ1) is 50.7. The highest BCUT2D eigenvalue weighted by atomic mass is 16.6. The van der Waals surface area contributed by atoms with E-state index in [1.807, 2.05) is 20.8 Å². The summed E-state index contributed by atoms with van der Waals surface area (Å²) in [4.78, 5) is 61.8. The number of carbonyl (C=O) groups is 5. The lowest BCUT2D eigenvalue weighted by atomic mass is 9.87. The van der Waals surface area contributed by atoms with E-state index in [1.54, 1.807) is 26.8 Å². The number of cyclic esters (lactones) is 1. The Morgan fingerprint density at radius 3 is 1.95 bits per heavy atom. The summed E-state index contributed by atoms with van der Waals surface area (Å²) >= 11 is 0. The van der Waals surface area contributed by atoms with Gasteiger partial charge in [0.05, 0.1) is 24.2 Å². The zero-order valence-electron chi connectivity index (χ0n) is 35.6. The minimum atomic E-state index is -1.15. The zero-order chi connectivity index (χ0) is 42.5. The van der Waals surface area contributed by atoms with Crippen LogP contribution in [0, 0.1) is 17.8 Å². The van der Waals surface area contributed by atoms with Gasteiger partial charge in [-0.25, -0.2) is 0 Å². The zero-order valence-corrected chi connectivity index (χ0v) is 35.6. The highest BCUT2D eigenvalue weighted by molar-refractivity contribution is 5.73. The fourth-order valence-electron chi connectivity index (χ4n) is 7.21. The van der Waals surface area contributed by atoms with E-state index in [2.05, 4.69) is 6.08 Å². The molecule has 0 spiro atoms. The molecule has 0 saturated heterocycles. The van der Waals surface area contributed by atoms with Crippen molar-refractivity contribution >= 4 is 29.8 Å². The van der Waals surface area contributed by atoms with E-state index in [0.717, 1.165) is 17.6 Å². The molecule has 0 aromatic heterocycles. The van der Waals surface area contributed by atoms with Crippen LogP contribution in [0.5, 0.6) is 0 Å². The van der Waals surface area contributed by atoms with Gasteiger partial charge < -0.3 is 39.0 Å². The van der Waals surface area contributed by atoms with E-state index in [9.17, 15) is 39.3 Å². The molecule has 56 heavy (non-hydrogen) atoms. The Balaban J connectivity index is 3.50. The Morgan fingerprint density at radius 1 is 0.821 bits per heavy atom. The number of hydrogen-bond acceptors (Lipinski definition) is 13. The summed E-state index contributed by atoms with van der Waals surface area (Å²) in [5.41, 5.74) is 1.85. The third-order valence-electron chi connectivity index (χ3n) is 10.4. The maximum Gasteiger partial charge on any atom is 0.311 e. The van der Waals surface area contributed by atoms with E-state index in [0.29, 0.717) is 51.4 Å². The van der Waals surface area contributed by atoms with Crippen molar-refractivity contribution in [2.45, 2.75) is 202 Å². The summed E-state index contributed by atoms with van der Waals surface area (Å²) in [5.74, 6) is -4.66. The van der Waals surface area contributed by atoms with Crippen molar-refractivity contribution in [3.05, 3.63) is 23.3 Å². The third kappa shape index (κ3) is 21.3. The Morgan fingerprint density at radius 2 is 1.39 bits per heavy atom. The maximum atomic E-state index is 13.7. The van der Waals surface area contributed by atoms with E-state index < -0.39 is 84.4 Å². The summed E-state index contributed by atoms with van der Waals surface area (Å²) in [5, 5.41) is 33.6. The van der Waals surface area contributed by atoms with Crippen LogP contribution >= 0.6 is 0 Å². The van der Waals surface area contributed by atoms with Crippen LogP contribution in [0.15, 0.2) is 23.3 Å². The first-order chi connectivity index (χ1) is 26.2. The van der Waals surface area contributed by atoms with Crippen molar-refractivity contribution < 1.29 is 63.0 Å². The van der Waals surface area contributed by atoms with E-state index in [4.69, 9.17) is 23.7 Å². The molecule has 1 aliphatic rings. The van der Waals surface area contributed by atoms with Crippen LogP contribution in [0.2, 0.25) is 0 Å². The van der Waals surface area contributed by atoms with Crippen molar-refractivity contribution in [3.8, 4) is 0 Å². The van der Waals surface area contributed by atoms with Gasteiger partial charge in [0.1, 0.15) is 30.5 Å². The average Bonchev–Trinajstić information content (AvgIpc) is 3.08. The molecule has 0 amide bonds. The second-order valence-corrected chi connectivity index (χ2v) is 16.0. The van der Waals surface area contributed by atoms with Gasteiger partial charge in [0, 0.05) is 52.9 Å². The van der Waals surface area contributed by atoms with Crippen LogP contribution in [0.25, 0.3) is 0 Å². The standard InChI is InChI=1S/C43H72O13/c1-11-14-36(52-31(7)44)21-27(3)22-41-29(5)40(49)23-35(48)16-13-12-15-26(2)17-19-37(53-32(8)45)24-39(55-34(10)47)25-38(54-33(9)46)20-18-28(4)42(50)30(6)43(51)56-41/h15,22,28-30,35-42,48-50H,11-14,16-21,23-25H2,1-10H3/b26-15+,27-22+/t28-,29+,30+,35-,36-,37+,38+,39+,40+,41-,42+/m1/s1. The quantitative estimate of drug-likeness (QED) is 0.128. The van der Waals surface area contributed by atoms with Gasteiger partial charge in [-0.3, -0.25) is 24.0 Å². The molecule has 0 aromatic rings. The number of ether oxygens (including phenoxy) is 5. The molecule has 1 heterocycles. The predicted molar refractivity (Wildman–Crippen MR) is 211 cm³/mol. The number of aliphatic hydroxyl groups excluding tert-OH is 3. The van der Waals surface area contributed by atoms with Crippen LogP contribution in [0.3, 0.4) is 0 Å². The second-order valence-electron chi connectivity index (χ2n) is 16.0. The maximum absolute atomic E-state index is 13.7. The number of hydrogen-bond donors (Lipinski definition) is 3. The van der Waals surface area contributed by atoms with Crippen LogP contribution in [-0.2, 0) is 47.7 Å². The fraction of sp³-hybridized carbons (Fsp3) is 0.791. The number of carbonyl (C=O) groups excluding carboxylic acids is 5. The molecule has 0 aromatic carbocycles. The van der Waals surface area contributed by atoms with Crippen LogP contribution in [0.4, 0.5) is 0 Å². The molecule has 3 N–H and O–H groups in total. The molecule has 1 aliphatic heterocycles.